The minimum atomic E-state index is -0.0964. The first kappa shape index (κ1) is 11.8. The van der Waals surface area contributed by atoms with Gasteiger partial charge in [0.05, 0.1) is 0 Å². The number of nitrogens with one attached hydrogen (secondary N) is 2. The molecule has 0 bridgehead atoms. The van der Waals surface area contributed by atoms with Crippen LogP contribution in [-0.4, -0.2) is 10.9 Å². The molecule has 4 heteroatoms. The maximum absolute atomic E-state index is 12.2. The van der Waals surface area contributed by atoms with Gasteiger partial charge in [-0.2, -0.15) is 0 Å². The molecule has 0 radical (unpaired) electrons. The lowest BCUT2D eigenvalue weighted by atomic mass is 10.0. The van der Waals surface area contributed by atoms with Gasteiger partial charge in [-0.05, 0) is 30.3 Å². The average Bonchev–Trinajstić information content (AvgIpc) is 3.02. The van der Waals surface area contributed by atoms with Crippen LogP contribution in [0.15, 0.2) is 48.7 Å². The summed E-state index contributed by atoms with van der Waals surface area (Å²) in [6, 6.07) is 13.5. The third-order valence-corrected chi connectivity index (χ3v) is 3.75. The summed E-state index contributed by atoms with van der Waals surface area (Å²) < 4.78 is 0. The summed E-state index contributed by atoms with van der Waals surface area (Å²) in [5.41, 5.74) is 10.8. The number of benzene rings is 2. The van der Waals surface area contributed by atoms with Crippen LogP contribution >= 0.6 is 0 Å². The second-order valence-electron chi connectivity index (χ2n) is 5.11. The molecule has 0 aliphatic carbocycles. The van der Waals surface area contributed by atoms with Crippen molar-refractivity contribution in [2.75, 3.05) is 11.1 Å². The van der Waals surface area contributed by atoms with Crippen LogP contribution in [0.1, 0.15) is 11.1 Å². The third kappa shape index (κ3) is 1.80. The summed E-state index contributed by atoms with van der Waals surface area (Å²) in [5, 5.41) is 3.95. The van der Waals surface area contributed by atoms with Crippen LogP contribution in [0.3, 0.4) is 0 Å². The Labute approximate surface area is 121 Å². The number of carbonyl (C=O) groups is 1. The van der Waals surface area contributed by atoms with E-state index in [9.17, 15) is 4.79 Å². The first-order valence-electron chi connectivity index (χ1n) is 6.71. The fourth-order valence-electron chi connectivity index (χ4n) is 2.72. The number of H-pyrrole nitrogens is 1. The highest BCUT2D eigenvalue weighted by Gasteiger charge is 2.24. The normalized spacial score (nSPS) is 15.4. The molecule has 1 aliphatic rings. The van der Waals surface area contributed by atoms with E-state index in [0.29, 0.717) is 11.3 Å². The van der Waals surface area contributed by atoms with E-state index in [1.165, 1.54) is 0 Å². The lowest BCUT2D eigenvalue weighted by Crippen LogP contribution is -2.03. The monoisotopic (exact) mass is 275 g/mol. The first-order chi connectivity index (χ1) is 10.2. The lowest BCUT2D eigenvalue weighted by Gasteiger charge is -2.00. The SMILES string of the molecule is Nc1ccc2c(c1)C(=Cc1c[nH]c3ccccc13)C(=O)N2. The van der Waals surface area contributed by atoms with Crippen molar-refractivity contribution in [3.05, 3.63) is 59.8 Å². The van der Waals surface area contributed by atoms with Gasteiger partial charge >= 0.3 is 0 Å². The summed E-state index contributed by atoms with van der Waals surface area (Å²) in [6.45, 7) is 0. The molecule has 21 heavy (non-hydrogen) atoms. The van der Waals surface area contributed by atoms with Crippen LogP contribution in [0.2, 0.25) is 0 Å². The van der Waals surface area contributed by atoms with E-state index in [0.717, 1.165) is 27.7 Å². The molecule has 0 spiro atoms. The molecule has 0 saturated carbocycles. The van der Waals surface area contributed by atoms with Gasteiger partial charge in [0, 0.05) is 45.2 Å². The molecule has 0 fully saturated rings. The van der Waals surface area contributed by atoms with Crippen LogP contribution in [-0.2, 0) is 4.79 Å². The molecule has 3 aromatic rings. The van der Waals surface area contributed by atoms with Crippen molar-refractivity contribution < 1.29 is 4.79 Å². The number of aromatic nitrogens is 1. The number of nitrogens with two attached hydrogens (primary N) is 1. The zero-order valence-electron chi connectivity index (χ0n) is 11.2. The summed E-state index contributed by atoms with van der Waals surface area (Å²) in [5.74, 6) is -0.0964. The molecule has 2 heterocycles. The number of amides is 1. The number of hydrogen-bond acceptors (Lipinski definition) is 2. The second-order valence-corrected chi connectivity index (χ2v) is 5.11. The van der Waals surface area contributed by atoms with Gasteiger partial charge in [-0.15, -0.1) is 0 Å². The standard InChI is InChI=1S/C17H13N3O/c18-11-5-6-16-13(8-11)14(17(21)20-16)7-10-9-19-15-4-2-1-3-12(10)15/h1-9,19H,18H2,(H,20,21). The smallest absolute Gasteiger partial charge is 0.256 e. The minimum Gasteiger partial charge on any atom is -0.399 e. The molecule has 0 unspecified atom stereocenters. The van der Waals surface area contributed by atoms with Crippen molar-refractivity contribution in [2.24, 2.45) is 0 Å². The number of rotatable bonds is 1. The summed E-state index contributed by atoms with van der Waals surface area (Å²) in [7, 11) is 0. The summed E-state index contributed by atoms with van der Waals surface area (Å²) >= 11 is 0. The van der Waals surface area contributed by atoms with E-state index in [-0.39, 0.29) is 5.91 Å². The Morgan fingerprint density at radius 1 is 1.10 bits per heavy atom. The van der Waals surface area contributed by atoms with E-state index in [4.69, 9.17) is 5.73 Å². The quantitative estimate of drug-likeness (QED) is 0.471. The highest BCUT2D eigenvalue weighted by molar-refractivity contribution is 6.35. The van der Waals surface area contributed by atoms with Gasteiger partial charge in [0.15, 0.2) is 0 Å². The fourth-order valence-corrected chi connectivity index (χ4v) is 2.72. The van der Waals surface area contributed by atoms with Crippen LogP contribution in [0.4, 0.5) is 11.4 Å². The van der Waals surface area contributed by atoms with Gasteiger partial charge in [0.2, 0.25) is 0 Å². The number of aromatic amines is 1. The number of para-hydroxylation sites is 1. The number of nitrogen functional groups attached to an aromatic ring is 1. The molecule has 4 nitrogen and oxygen atoms in total. The van der Waals surface area contributed by atoms with E-state index in [2.05, 4.69) is 10.3 Å². The highest BCUT2D eigenvalue weighted by atomic mass is 16.2. The molecule has 0 atom stereocenters. The van der Waals surface area contributed by atoms with Gasteiger partial charge in [-0.3, -0.25) is 4.79 Å². The van der Waals surface area contributed by atoms with Crippen LogP contribution in [0, 0.1) is 0 Å². The fraction of sp³-hybridized carbons (Fsp3) is 0. The second kappa shape index (κ2) is 4.24. The largest absolute Gasteiger partial charge is 0.399 e. The first-order valence-corrected chi connectivity index (χ1v) is 6.71. The summed E-state index contributed by atoms with van der Waals surface area (Å²) in [4.78, 5) is 15.4. The maximum atomic E-state index is 12.2. The molecule has 4 rings (SSSR count). The summed E-state index contributed by atoms with van der Waals surface area (Å²) in [6.07, 6.45) is 3.81. The van der Waals surface area contributed by atoms with Crippen LogP contribution in [0.25, 0.3) is 22.6 Å². The van der Waals surface area contributed by atoms with Gasteiger partial charge in [0.1, 0.15) is 0 Å². The zero-order valence-corrected chi connectivity index (χ0v) is 11.2. The predicted molar refractivity (Wildman–Crippen MR) is 85.7 cm³/mol. The molecule has 2 aromatic carbocycles. The Hall–Kier alpha value is -3.01. The van der Waals surface area contributed by atoms with Crippen molar-refractivity contribution in [3.8, 4) is 0 Å². The van der Waals surface area contributed by atoms with Gasteiger partial charge in [-0.25, -0.2) is 0 Å². The van der Waals surface area contributed by atoms with E-state index < -0.39 is 0 Å². The Morgan fingerprint density at radius 3 is 2.86 bits per heavy atom. The average molecular weight is 275 g/mol. The number of anilines is 2. The van der Waals surface area contributed by atoms with E-state index in [1.807, 2.05) is 48.7 Å². The van der Waals surface area contributed by atoms with E-state index >= 15 is 0 Å². The van der Waals surface area contributed by atoms with E-state index in [1.54, 1.807) is 6.07 Å². The number of fused-ring (bicyclic) bond motifs is 2. The minimum absolute atomic E-state index is 0.0964. The zero-order chi connectivity index (χ0) is 14.4. The van der Waals surface area contributed by atoms with Crippen molar-refractivity contribution >= 4 is 39.8 Å². The molecule has 1 aromatic heterocycles. The molecule has 1 aliphatic heterocycles. The molecule has 102 valence electrons. The predicted octanol–water partition coefficient (Wildman–Crippen LogP) is 3.24. The Balaban J connectivity index is 1.90. The van der Waals surface area contributed by atoms with Gasteiger partial charge in [-0.1, -0.05) is 18.2 Å². The topological polar surface area (TPSA) is 70.9 Å². The Morgan fingerprint density at radius 2 is 1.95 bits per heavy atom. The molecular weight excluding hydrogens is 262 g/mol. The molecular formula is C17H13N3O. The highest BCUT2D eigenvalue weighted by Crippen LogP contribution is 2.35. The van der Waals surface area contributed by atoms with Gasteiger partial charge < -0.3 is 16.0 Å². The van der Waals surface area contributed by atoms with Crippen LogP contribution < -0.4 is 11.1 Å². The van der Waals surface area contributed by atoms with Crippen molar-refractivity contribution in [3.63, 3.8) is 0 Å². The lowest BCUT2D eigenvalue weighted by molar-refractivity contribution is -0.110. The number of carbonyl (C=O) groups excluding carboxylic acids is 1. The number of hydrogen-bond donors (Lipinski definition) is 3. The Kier molecular flexibility index (Phi) is 2.38. The Bertz CT molecular complexity index is 905. The molecule has 1 amide bonds. The maximum Gasteiger partial charge on any atom is 0.256 e. The molecule has 0 saturated heterocycles. The van der Waals surface area contributed by atoms with Gasteiger partial charge in [0.25, 0.3) is 5.91 Å². The van der Waals surface area contributed by atoms with Crippen molar-refractivity contribution in [1.82, 2.24) is 4.98 Å². The third-order valence-electron chi connectivity index (χ3n) is 3.75. The molecule has 4 N–H and O–H groups in total. The van der Waals surface area contributed by atoms with Crippen LogP contribution in [0.5, 0.6) is 0 Å². The van der Waals surface area contributed by atoms with Crippen molar-refractivity contribution in [1.29, 1.82) is 0 Å². The van der Waals surface area contributed by atoms with Crippen molar-refractivity contribution in [2.45, 2.75) is 0 Å².